The standard InChI is InChI=1S/C11H16ClNOS/c1-13-10(7-14-2)8-15-11-5-3-9(12)4-6-11/h3-6,10,13H,7-8H2,1-2H3. The monoisotopic (exact) mass is 245 g/mol. The van der Waals surface area contributed by atoms with Crippen LogP contribution in [-0.4, -0.2) is 32.6 Å². The Labute approximate surface area is 100 Å². The Kier molecular flexibility index (Phi) is 6.10. The molecule has 0 aliphatic rings. The van der Waals surface area contributed by atoms with E-state index in [1.54, 1.807) is 18.9 Å². The maximum atomic E-state index is 5.81. The van der Waals surface area contributed by atoms with E-state index in [-0.39, 0.29) is 0 Å². The number of thioether (sulfide) groups is 1. The van der Waals surface area contributed by atoms with Gasteiger partial charge in [0.25, 0.3) is 0 Å². The molecule has 0 heterocycles. The van der Waals surface area contributed by atoms with Gasteiger partial charge in [0, 0.05) is 28.8 Å². The van der Waals surface area contributed by atoms with Crippen LogP contribution >= 0.6 is 23.4 Å². The molecule has 1 atom stereocenters. The third kappa shape index (κ3) is 4.89. The van der Waals surface area contributed by atoms with Gasteiger partial charge in [-0.1, -0.05) is 11.6 Å². The van der Waals surface area contributed by atoms with E-state index in [9.17, 15) is 0 Å². The molecule has 1 aromatic rings. The van der Waals surface area contributed by atoms with Crippen molar-refractivity contribution in [3.05, 3.63) is 29.3 Å². The lowest BCUT2D eigenvalue weighted by Gasteiger charge is -2.14. The molecule has 0 bridgehead atoms. The highest BCUT2D eigenvalue weighted by Crippen LogP contribution is 2.20. The van der Waals surface area contributed by atoms with Gasteiger partial charge in [-0.05, 0) is 31.3 Å². The van der Waals surface area contributed by atoms with Gasteiger partial charge >= 0.3 is 0 Å². The minimum Gasteiger partial charge on any atom is -0.383 e. The second-order valence-electron chi connectivity index (χ2n) is 3.21. The Balaban J connectivity index is 2.38. The molecular formula is C11H16ClNOS. The van der Waals surface area contributed by atoms with Crippen LogP contribution in [0.25, 0.3) is 0 Å². The number of methoxy groups -OCH3 is 1. The first-order chi connectivity index (χ1) is 7.26. The van der Waals surface area contributed by atoms with Crippen molar-refractivity contribution in [2.75, 3.05) is 26.5 Å². The van der Waals surface area contributed by atoms with Gasteiger partial charge in [0.15, 0.2) is 0 Å². The summed E-state index contributed by atoms with van der Waals surface area (Å²) in [5.74, 6) is 0.992. The van der Waals surface area contributed by atoms with E-state index >= 15 is 0 Å². The Morgan fingerprint density at radius 3 is 2.60 bits per heavy atom. The molecule has 84 valence electrons. The van der Waals surface area contributed by atoms with Crippen LogP contribution in [0.15, 0.2) is 29.2 Å². The first-order valence-corrected chi connectivity index (χ1v) is 6.17. The lowest BCUT2D eigenvalue weighted by Crippen LogP contribution is -2.32. The first-order valence-electron chi connectivity index (χ1n) is 4.81. The van der Waals surface area contributed by atoms with Crippen LogP contribution in [0.3, 0.4) is 0 Å². The molecule has 0 radical (unpaired) electrons. The van der Waals surface area contributed by atoms with Crippen molar-refractivity contribution in [1.82, 2.24) is 5.32 Å². The fraction of sp³-hybridized carbons (Fsp3) is 0.455. The molecule has 0 aliphatic heterocycles. The van der Waals surface area contributed by atoms with E-state index in [1.807, 2.05) is 31.3 Å². The largest absolute Gasteiger partial charge is 0.383 e. The first kappa shape index (κ1) is 12.8. The van der Waals surface area contributed by atoms with Crippen molar-refractivity contribution in [2.24, 2.45) is 0 Å². The zero-order chi connectivity index (χ0) is 11.1. The molecule has 0 fully saturated rings. The lowest BCUT2D eigenvalue weighted by atomic mass is 10.4. The van der Waals surface area contributed by atoms with Crippen LogP contribution in [0.4, 0.5) is 0 Å². The maximum Gasteiger partial charge on any atom is 0.0623 e. The van der Waals surface area contributed by atoms with Gasteiger partial charge < -0.3 is 10.1 Å². The summed E-state index contributed by atoms with van der Waals surface area (Å²) in [5, 5.41) is 3.99. The Morgan fingerprint density at radius 1 is 1.40 bits per heavy atom. The fourth-order valence-corrected chi connectivity index (χ4v) is 2.25. The second-order valence-corrected chi connectivity index (χ2v) is 4.74. The van der Waals surface area contributed by atoms with Gasteiger partial charge in [-0.25, -0.2) is 0 Å². The van der Waals surface area contributed by atoms with Crippen LogP contribution in [0.1, 0.15) is 0 Å². The topological polar surface area (TPSA) is 21.3 Å². The molecule has 0 amide bonds. The van der Waals surface area contributed by atoms with E-state index in [0.29, 0.717) is 6.04 Å². The summed E-state index contributed by atoms with van der Waals surface area (Å²) < 4.78 is 5.11. The van der Waals surface area contributed by atoms with Crippen molar-refractivity contribution in [3.63, 3.8) is 0 Å². The van der Waals surface area contributed by atoms with Gasteiger partial charge in [0.2, 0.25) is 0 Å². The number of rotatable bonds is 6. The summed E-state index contributed by atoms with van der Waals surface area (Å²) in [6.45, 7) is 0.733. The molecule has 1 aromatic carbocycles. The highest BCUT2D eigenvalue weighted by Gasteiger charge is 2.05. The minimum absolute atomic E-state index is 0.385. The van der Waals surface area contributed by atoms with Gasteiger partial charge in [0.1, 0.15) is 0 Å². The van der Waals surface area contributed by atoms with Crippen molar-refractivity contribution < 1.29 is 4.74 Å². The van der Waals surface area contributed by atoms with Crippen LogP contribution in [0, 0.1) is 0 Å². The molecule has 0 aromatic heterocycles. The van der Waals surface area contributed by atoms with Crippen LogP contribution in [0.2, 0.25) is 5.02 Å². The fourth-order valence-electron chi connectivity index (χ4n) is 1.14. The molecule has 0 spiro atoms. The maximum absolute atomic E-state index is 5.81. The molecule has 2 nitrogen and oxygen atoms in total. The predicted octanol–water partition coefficient (Wildman–Crippen LogP) is 2.67. The summed E-state index contributed by atoms with van der Waals surface area (Å²) in [7, 11) is 3.67. The number of likely N-dealkylation sites (N-methyl/N-ethyl adjacent to an activating group) is 1. The second kappa shape index (κ2) is 7.12. The average Bonchev–Trinajstić information content (AvgIpc) is 2.26. The molecule has 0 saturated heterocycles. The van der Waals surface area contributed by atoms with E-state index in [2.05, 4.69) is 5.32 Å². The zero-order valence-electron chi connectivity index (χ0n) is 9.00. The van der Waals surface area contributed by atoms with Crippen molar-refractivity contribution in [1.29, 1.82) is 0 Å². The Bertz CT molecular complexity index is 278. The van der Waals surface area contributed by atoms with Crippen molar-refractivity contribution in [2.45, 2.75) is 10.9 Å². The number of ether oxygens (including phenoxy) is 1. The smallest absolute Gasteiger partial charge is 0.0623 e. The third-order valence-corrected chi connectivity index (χ3v) is 3.47. The summed E-state index contributed by atoms with van der Waals surface area (Å²) in [6.07, 6.45) is 0. The Morgan fingerprint density at radius 2 is 2.07 bits per heavy atom. The van der Waals surface area contributed by atoms with E-state index in [1.165, 1.54) is 4.90 Å². The SMILES string of the molecule is CNC(COC)CSc1ccc(Cl)cc1. The highest BCUT2D eigenvalue weighted by molar-refractivity contribution is 7.99. The van der Waals surface area contributed by atoms with E-state index < -0.39 is 0 Å². The highest BCUT2D eigenvalue weighted by atomic mass is 35.5. The normalized spacial score (nSPS) is 12.7. The summed E-state index contributed by atoms with van der Waals surface area (Å²) in [4.78, 5) is 1.23. The molecule has 4 heteroatoms. The molecule has 0 aliphatic carbocycles. The molecule has 0 saturated carbocycles. The number of nitrogens with one attached hydrogen (secondary N) is 1. The van der Waals surface area contributed by atoms with Crippen molar-refractivity contribution in [3.8, 4) is 0 Å². The predicted molar refractivity (Wildman–Crippen MR) is 66.9 cm³/mol. The molecule has 15 heavy (non-hydrogen) atoms. The van der Waals surface area contributed by atoms with Gasteiger partial charge in [-0.15, -0.1) is 11.8 Å². The van der Waals surface area contributed by atoms with Gasteiger partial charge in [-0.2, -0.15) is 0 Å². The molecule has 1 unspecified atom stereocenters. The molecule has 1 rings (SSSR count). The van der Waals surface area contributed by atoms with Crippen LogP contribution in [0.5, 0.6) is 0 Å². The van der Waals surface area contributed by atoms with Gasteiger partial charge in [-0.3, -0.25) is 0 Å². The zero-order valence-corrected chi connectivity index (χ0v) is 10.6. The number of hydrogen-bond donors (Lipinski definition) is 1. The number of halogens is 1. The minimum atomic E-state index is 0.385. The quantitative estimate of drug-likeness (QED) is 0.779. The summed E-state index contributed by atoms with van der Waals surface area (Å²) in [5.41, 5.74) is 0. The molecular weight excluding hydrogens is 230 g/mol. The number of hydrogen-bond acceptors (Lipinski definition) is 3. The van der Waals surface area contributed by atoms with E-state index in [4.69, 9.17) is 16.3 Å². The van der Waals surface area contributed by atoms with Crippen molar-refractivity contribution >= 4 is 23.4 Å². The average molecular weight is 246 g/mol. The summed E-state index contributed by atoms with van der Waals surface area (Å²) >= 11 is 7.61. The number of benzene rings is 1. The Hall–Kier alpha value is -0.220. The van der Waals surface area contributed by atoms with E-state index in [0.717, 1.165) is 17.4 Å². The summed E-state index contributed by atoms with van der Waals surface area (Å²) in [6, 6.07) is 8.28. The van der Waals surface area contributed by atoms with Gasteiger partial charge in [0.05, 0.1) is 6.61 Å². The van der Waals surface area contributed by atoms with Crippen LogP contribution in [-0.2, 0) is 4.74 Å². The van der Waals surface area contributed by atoms with Crippen LogP contribution < -0.4 is 5.32 Å². The molecule has 1 N–H and O–H groups in total. The third-order valence-electron chi connectivity index (χ3n) is 2.04. The lowest BCUT2D eigenvalue weighted by molar-refractivity contribution is 0.177.